The van der Waals surface area contributed by atoms with Gasteiger partial charge in [-0.1, -0.05) is 0 Å². The van der Waals surface area contributed by atoms with Crippen LogP contribution in [0.5, 0.6) is 0 Å². The van der Waals surface area contributed by atoms with Crippen LogP contribution in [0.15, 0.2) is 0 Å². The van der Waals surface area contributed by atoms with E-state index in [0.717, 1.165) is 39.0 Å². The van der Waals surface area contributed by atoms with Gasteiger partial charge in [-0.25, -0.2) is 0 Å². The van der Waals surface area contributed by atoms with E-state index in [-0.39, 0.29) is 30.5 Å². The first kappa shape index (κ1) is 14.7. The van der Waals surface area contributed by atoms with E-state index < -0.39 is 0 Å². The predicted octanol–water partition coefficient (Wildman–Crippen LogP) is -0.311. The number of ether oxygens (including phenoxy) is 1. The Morgan fingerprint density at radius 3 is 2.47 bits per heavy atom. The molecule has 2 aliphatic heterocycles. The maximum absolute atomic E-state index is 12.1. The molecule has 100 valence electrons. The predicted molar refractivity (Wildman–Crippen MR) is 68.3 cm³/mol. The number of hydrogen-bond acceptors (Lipinski definition) is 4. The zero-order valence-corrected chi connectivity index (χ0v) is 11.1. The van der Waals surface area contributed by atoms with Gasteiger partial charge in [-0.2, -0.15) is 0 Å². The van der Waals surface area contributed by atoms with Gasteiger partial charge in [0.25, 0.3) is 5.91 Å². The van der Waals surface area contributed by atoms with Gasteiger partial charge in [0.2, 0.25) is 0 Å². The number of carbonyl (C=O) groups is 1. The lowest BCUT2D eigenvalue weighted by atomic mass is 10.1. The zero-order valence-electron chi connectivity index (χ0n) is 10.3. The monoisotopic (exact) mass is 263 g/mol. The molecule has 2 atom stereocenters. The molecule has 0 bridgehead atoms. The van der Waals surface area contributed by atoms with Crippen molar-refractivity contribution >= 4 is 18.3 Å². The first-order valence-corrected chi connectivity index (χ1v) is 6.03. The molecule has 0 saturated carbocycles. The van der Waals surface area contributed by atoms with Crippen molar-refractivity contribution in [1.82, 2.24) is 9.80 Å². The van der Waals surface area contributed by atoms with Gasteiger partial charge >= 0.3 is 0 Å². The second-order valence-corrected chi connectivity index (χ2v) is 4.69. The molecule has 2 fully saturated rings. The van der Waals surface area contributed by atoms with E-state index in [1.807, 2.05) is 4.90 Å². The van der Waals surface area contributed by atoms with Crippen LogP contribution in [0.25, 0.3) is 0 Å². The molecule has 2 saturated heterocycles. The van der Waals surface area contributed by atoms with E-state index in [1.165, 1.54) is 0 Å². The minimum atomic E-state index is -0.239. The Labute approximate surface area is 109 Å². The lowest BCUT2D eigenvalue weighted by molar-refractivity contribution is -0.144. The largest absolute Gasteiger partial charge is 0.364 e. The Kier molecular flexibility index (Phi) is 5.66. The number of nitrogens with zero attached hydrogens (tertiary/aromatic N) is 2. The highest BCUT2D eigenvalue weighted by Crippen LogP contribution is 2.21. The third-order valence-corrected chi connectivity index (χ3v) is 3.46. The van der Waals surface area contributed by atoms with Gasteiger partial charge in [-0.3, -0.25) is 4.79 Å². The molecule has 2 aliphatic rings. The van der Waals surface area contributed by atoms with E-state index in [2.05, 4.69) is 11.9 Å². The van der Waals surface area contributed by atoms with Gasteiger partial charge in [-0.15, -0.1) is 12.4 Å². The number of amides is 1. The van der Waals surface area contributed by atoms with Crippen LogP contribution in [0.2, 0.25) is 0 Å². The molecule has 2 heterocycles. The quantitative estimate of drug-likeness (QED) is 0.743. The number of rotatable bonds is 2. The fourth-order valence-electron chi connectivity index (χ4n) is 2.29. The lowest BCUT2D eigenvalue weighted by Crippen LogP contribution is -2.50. The summed E-state index contributed by atoms with van der Waals surface area (Å²) in [6.07, 6.45) is 1.59. The summed E-state index contributed by atoms with van der Waals surface area (Å²) in [5.74, 6) is 0.157. The van der Waals surface area contributed by atoms with E-state index in [4.69, 9.17) is 10.5 Å². The normalized spacial score (nSPS) is 30.1. The van der Waals surface area contributed by atoms with Gasteiger partial charge in [0.05, 0.1) is 6.10 Å². The summed E-state index contributed by atoms with van der Waals surface area (Å²) in [5, 5.41) is 0. The number of halogens is 1. The Balaban J connectivity index is 0.00000144. The van der Waals surface area contributed by atoms with Gasteiger partial charge in [-0.05, 0) is 19.9 Å². The highest BCUT2D eigenvalue weighted by atomic mass is 35.5. The molecular formula is C11H22ClN3O2. The van der Waals surface area contributed by atoms with Crippen molar-refractivity contribution < 1.29 is 9.53 Å². The van der Waals surface area contributed by atoms with Crippen LogP contribution in [-0.4, -0.2) is 67.7 Å². The SMILES string of the molecule is CN1CCN(C(=O)[C@@H]2CC[C@H](CN)O2)CC1.Cl. The third kappa shape index (κ3) is 3.55. The maximum atomic E-state index is 12.1. The van der Waals surface area contributed by atoms with Crippen LogP contribution < -0.4 is 5.73 Å². The van der Waals surface area contributed by atoms with E-state index in [1.54, 1.807) is 0 Å². The van der Waals surface area contributed by atoms with Crippen molar-refractivity contribution in [2.75, 3.05) is 39.8 Å². The molecule has 1 amide bonds. The molecule has 5 nitrogen and oxygen atoms in total. The number of likely N-dealkylation sites (N-methyl/N-ethyl adjacent to an activating group) is 1. The number of hydrogen-bond donors (Lipinski definition) is 1. The van der Waals surface area contributed by atoms with Gasteiger partial charge in [0, 0.05) is 32.7 Å². The molecule has 0 radical (unpaired) electrons. The highest BCUT2D eigenvalue weighted by Gasteiger charge is 2.33. The maximum Gasteiger partial charge on any atom is 0.251 e. The molecule has 0 aromatic heterocycles. The van der Waals surface area contributed by atoms with Crippen molar-refractivity contribution in [1.29, 1.82) is 0 Å². The van der Waals surface area contributed by atoms with Crippen molar-refractivity contribution in [3.8, 4) is 0 Å². The summed E-state index contributed by atoms with van der Waals surface area (Å²) < 4.78 is 5.62. The molecule has 0 aromatic rings. The third-order valence-electron chi connectivity index (χ3n) is 3.46. The average molecular weight is 264 g/mol. The molecular weight excluding hydrogens is 242 g/mol. The number of piperazine rings is 1. The van der Waals surface area contributed by atoms with E-state index >= 15 is 0 Å². The Morgan fingerprint density at radius 1 is 1.29 bits per heavy atom. The van der Waals surface area contributed by atoms with Crippen LogP contribution in [0.4, 0.5) is 0 Å². The fraction of sp³-hybridized carbons (Fsp3) is 0.909. The molecule has 2 N–H and O–H groups in total. The second-order valence-electron chi connectivity index (χ2n) is 4.69. The van der Waals surface area contributed by atoms with Gasteiger partial charge in [0.1, 0.15) is 6.10 Å². The van der Waals surface area contributed by atoms with Crippen LogP contribution in [0, 0.1) is 0 Å². The topological polar surface area (TPSA) is 58.8 Å². The van der Waals surface area contributed by atoms with Crippen molar-refractivity contribution in [2.24, 2.45) is 5.73 Å². The minimum absolute atomic E-state index is 0. The number of carbonyl (C=O) groups excluding carboxylic acids is 1. The Hall–Kier alpha value is -0.360. The average Bonchev–Trinajstić information content (AvgIpc) is 2.77. The summed E-state index contributed by atoms with van der Waals surface area (Å²) in [5.41, 5.74) is 5.54. The van der Waals surface area contributed by atoms with E-state index in [9.17, 15) is 4.79 Å². The summed E-state index contributed by atoms with van der Waals surface area (Å²) >= 11 is 0. The first-order valence-electron chi connectivity index (χ1n) is 6.03. The van der Waals surface area contributed by atoms with Crippen LogP contribution in [0.3, 0.4) is 0 Å². The summed E-state index contributed by atoms with van der Waals surface area (Å²) in [6, 6.07) is 0. The lowest BCUT2D eigenvalue weighted by Gasteiger charge is -2.33. The standard InChI is InChI=1S/C11H21N3O2.ClH/c1-13-4-6-14(7-5-13)11(15)10-3-2-9(8-12)16-10;/h9-10H,2-8,12H2,1H3;1H/t9-,10+;/m1./s1. The van der Waals surface area contributed by atoms with Gasteiger partial charge in [0.15, 0.2) is 0 Å². The Bertz CT molecular complexity index is 253. The molecule has 0 spiro atoms. The van der Waals surface area contributed by atoms with Crippen molar-refractivity contribution in [3.63, 3.8) is 0 Å². The highest BCUT2D eigenvalue weighted by molar-refractivity contribution is 5.85. The fourth-order valence-corrected chi connectivity index (χ4v) is 2.29. The molecule has 17 heavy (non-hydrogen) atoms. The van der Waals surface area contributed by atoms with Crippen LogP contribution in [0.1, 0.15) is 12.8 Å². The second kappa shape index (κ2) is 6.54. The number of nitrogens with two attached hydrogens (primary N) is 1. The molecule has 2 rings (SSSR count). The molecule has 0 unspecified atom stereocenters. The molecule has 6 heteroatoms. The van der Waals surface area contributed by atoms with Crippen molar-refractivity contribution in [3.05, 3.63) is 0 Å². The van der Waals surface area contributed by atoms with Crippen LogP contribution >= 0.6 is 12.4 Å². The first-order chi connectivity index (χ1) is 7.70. The van der Waals surface area contributed by atoms with Gasteiger partial charge < -0.3 is 20.3 Å². The smallest absolute Gasteiger partial charge is 0.251 e. The summed E-state index contributed by atoms with van der Waals surface area (Å²) in [7, 11) is 2.08. The zero-order chi connectivity index (χ0) is 11.5. The Morgan fingerprint density at radius 2 is 1.94 bits per heavy atom. The summed E-state index contributed by atoms with van der Waals surface area (Å²) in [4.78, 5) is 16.3. The van der Waals surface area contributed by atoms with E-state index in [0.29, 0.717) is 6.54 Å². The molecule has 0 aliphatic carbocycles. The summed E-state index contributed by atoms with van der Waals surface area (Å²) in [6.45, 7) is 4.08. The minimum Gasteiger partial charge on any atom is -0.364 e. The molecule has 0 aromatic carbocycles. The van der Waals surface area contributed by atoms with Crippen LogP contribution in [-0.2, 0) is 9.53 Å². The van der Waals surface area contributed by atoms with Crippen molar-refractivity contribution in [2.45, 2.75) is 25.0 Å².